The van der Waals surface area contributed by atoms with E-state index in [-0.39, 0.29) is 12.4 Å². The Balaban J connectivity index is 2.45. The fourth-order valence-electron chi connectivity index (χ4n) is 1.30. The monoisotopic (exact) mass is 239 g/mol. The fourth-order valence-corrected chi connectivity index (χ4v) is 1.42. The second kappa shape index (κ2) is 6.28. The first-order chi connectivity index (χ1) is 7.61. The third-order valence-corrected chi connectivity index (χ3v) is 2.25. The molecule has 0 saturated heterocycles. The zero-order valence-electron chi connectivity index (χ0n) is 9.13. The lowest BCUT2D eigenvalue weighted by molar-refractivity contribution is -0.141. The molecule has 86 valence electrons. The van der Waals surface area contributed by atoms with Crippen LogP contribution in [-0.4, -0.2) is 18.3 Å². The van der Waals surface area contributed by atoms with Gasteiger partial charge in [-0.05, 0) is 24.6 Å². The van der Waals surface area contributed by atoms with E-state index in [0.717, 1.165) is 5.56 Å². The minimum atomic E-state index is -0.346. The van der Waals surface area contributed by atoms with E-state index in [4.69, 9.17) is 21.7 Å². The van der Waals surface area contributed by atoms with Gasteiger partial charge in [-0.2, -0.15) is 0 Å². The fraction of sp³-hybridized carbons (Fsp3) is 0.333. The molecule has 4 heteroatoms. The van der Waals surface area contributed by atoms with E-state index in [1.165, 1.54) is 0 Å². The summed E-state index contributed by atoms with van der Waals surface area (Å²) in [4.78, 5) is 11.1. The first-order valence-corrected chi connectivity index (χ1v) is 5.46. The molecule has 16 heavy (non-hydrogen) atoms. The van der Waals surface area contributed by atoms with Gasteiger partial charge in [0.05, 0.1) is 13.0 Å². The van der Waals surface area contributed by atoms with Crippen LogP contribution in [0.2, 0.25) is 5.02 Å². The number of ether oxygens (including phenoxy) is 1. The van der Waals surface area contributed by atoms with Crippen molar-refractivity contribution in [3.63, 3.8) is 0 Å². The molecule has 0 aliphatic heterocycles. The molecule has 0 fully saturated rings. The van der Waals surface area contributed by atoms with Crippen molar-refractivity contribution in [3.8, 4) is 0 Å². The minimum Gasteiger partial charge on any atom is -0.466 e. The Labute approximate surface area is 99.9 Å². The summed E-state index contributed by atoms with van der Waals surface area (Å²) in [5.74, 6) is -0.346. The van der Waals surface area contributed by atoms with Crippen LogP contribution >= 0.6 is 11.6 Å². The molecule has 0 aromatic heterocycles. The van der Waals surface area contributed by atoms with E-state index in [2.05, 4.69) is 0 Å². The zero-order valence-corrected chi connectivity index (χ0v) is 9.88. The van der Waals surface area contributed by atoms with E-state index in [1.54, 1.807) is 19.1 Å². The third-order valence-electron chi connectivity index (χ3n) is 1.99. The number of rotatable bonds is 5. The van der Waals surface area contributed by atoms with Gasteiger partial charge < -0.3 is 10.1 Å². The maximum Gasteiger partial charge on any atom is 0.311 e. The Hall–Kier alpha value is -1.35. The SMILES string of the molecule is CCOC(=O)CC(=N)Cc1ccc(Cl)cc1. The van der Waals surface area contributed by atoms with Gasteiger partial charge in [-0.25, -0.2) is 0 Å². The number of hydrogen-bond donors (Lipinski definition) is 1. The molecule has 0 atom stereocenters. The van der Waals surface area contributed by atoms with Crippen LogP contribution < -0.4 is 0 Å². The number of esters is 1. The van der Waals surface area contributed by atoms with E-state index in [9.17, 15) is 4.79 Å². The molecule has 0 aliphatic rings. The summed E-state index contributed by atoms with van der Waals surface area (Å²) in [6, 6.07) is 7.24. The lowest BCUT2D eigenvalue weighted by Crippen LogP contribution is -2.12. The second-order valence-electron chi connectivity index (χ2n) is 3.39. The predicted molar refractivity (Wildman–Crippen MR) is 64.1 cm³/mol. The lowest BCUT2D eigenvalue weighted by atomic mass is 10.1. The smallest absolute Gasteiger partial charge is 0.311 e. The maximum atomic E-state index is 11.1. The van der Waals surface area contributed by atoms with Crippen LogP contribution in [0.4, 0.5) is 0 Å². The summed E-state index contributed by atoms with van der Waals surface area (Å²) in [5, 5.41) is 8.32. The number of hydrogen-bond acceptors (Lipinski definition) is 3. The van der Waals surface area contributed by atoms with Crippen molar-refractivity contribution in [2.24, 2.45) is 0 Å². The van der Waals surface area contributed by atoms with E-state index < -0.39 is 0 Å². The Kier molecular flexibility index (Phi) is 4.99. The molecule has 0 spiro atoms. The van der Waals surface area contributed by atoms with Gasteiger partial charge in [0.2, 0.25) is 0 Å². The predicted octanol–water partition coefficient (Wildman–Crippen LogP) is 2.86. The minimum absolute atomic E-state index is 0.0521. The molecule has 1 rings (SSSR count). The van der Waals surface area contributed by atoms with Crippen molar-refractivity contribution in [3.05, 3.63) is 34.9 Å². The van der Waals surface area contributed by atoms with Crippen LogP contribution in [0.5, 0.6) is 0 Å². The molecule has 0 amide bonds. The molecule has 3 nitrogen and oxygen atoms in total. The summed E-state index contributed by atoms with van der Waals surface area (Å²) >= 11 is 5.75. The number of carbonyl (C=O) groups is 1. The van der Waals surface area contributed by atoms with Gasteiger partial charge in [-0.1, -0.05) is 23.7 Å². The summed E-state index contributed by atoms with van der Waals surface area (Å²) in [7, 11) is 0. The average Bonchev–Trinajstić information content (AvgIpc) is 2.21. The first kappa shape index (κ1) is 12.7. The van der Waals surface area contributed by atoms with Gasteiger partial charge in [0.1, 0.15) is 0 Å². The first-order valence-electron chi connectivity index (χ1n) is 5.08. The maximum absolute atomic E-state index is 11.1. The highest BCUT2D eigenvalue weighted by atomic mass is 35.5. The highest BCUT2D eigenvalue weighted by molar-refractivity contribution is 6.30. The largest absolute Gasteiger partial charge is 0.466 e. The highest BCUT2D eigenvalue weighted by Crippen LogP contribution is 2.10. The van der Waals surface area contributed by atoms with Crippen molar-refractivity contribution >= 4 is 23.3 Å². The summed E-state index contributed by atoms with van der Waals surface area (Å²) in [6.07, 6.45) is 0.506. The molecule has 1 aromatic carbocycles. The van der Waals surface area contributed by atoms with Gasteiger partial charge >= 0.3 is 5.97 Å². The molecule has 0 aliphatic carbocycles. The van der Waals surface area contributed by atoms with Crippen LogP contribution in [0.15, 0.2) is 24.3 Å². The number of halogens is 1. The van der Waals surface area contributed by atoms with Gasteiger partial charge in [0, 0.05) is 17.2 Å². The molecule has 0 radical (unpaired) electrons. The summed E-state index contributed by atoms with van der Waals surface area (Å²) in [6.45, 7) is 2.10. The van der Waals surface area contributed by atoms with Crippen molar-refractivity contribution in [2.75, 3.05) is 6.61 Å². The zero-order chi connectivity index (χ0) is 12.0. The number of nitrogens with one attached hydrogen (secondary N) is 1. The van der Waals surface area contributed by atoms with Crippen molar-refractivity contribution in [1.29, 1.82) is 5.41 Å². The number of carbonyl (C=O) groups excluding carboxylic acids is 1. The van der Waals surface area contributed by atoms with Crippen molar-refractivity contribution < 1.29 is 9.53 Å². The molecular weight excluding hydrogens is 226 g/mol. The normalized spacial score (nSPS) is 9.88. The summed E-state index contributed by atoms with van der Waals surface area (Å²) in [5.41, 5.74) is 1.32. The van der Waals surface area contributed by atoms with Gasteiger partial charge in [-0.15, -0.1) is 0 Å². The molecule has 1 N–H and O–H groups in total. The van der Waals surface area contributed by atoms with Crippen LogP contribution in [0.3, 0.4) is 0 Å². The Morgan fingerprint density at radius 2 is 2.00 bits per heavy atom. The average molecular weight is 240 g/mol. The van der Waals surface area contributed by atoms with E-state index >= 15 is 0 Å². The molecular formula is C12H14ClNO2. The van der Waals surface area contributed by atoms with Crippen LogP contribution in [-0.2, 0) is 16.0 Å². The van der Waals surface area contributed by atoms with Crippen molar-refractivity contribution in [2.45, 2.75) is 19.8 Å². The van der Waals surface area contributed by atoms with Crippen LogP contribution in [0.25, 0.3) is 0 Å². The second-order valence-corrected chi connectivity index (χ2v) is 3.83. The Morgan fingerprint density at radius 3 is 2.56 bits per heavy atom. The highest BCUT2D eigenvalue weighted by Gasteiger charge is 2.07. The standard InChI is InChI=1S/C12H14ClNO2/c1-2-16-12(15)8-11(14)7-9-3-5-10(13)6-4-9/h3-6,14H,2,7-8H2,1H3. The molecule has 0 saturated carbocycles. The molecule has 0 heterocycles. The molecule has 0 bridgehead atoms. The lowest BCUT2D eigenvalue weighted by Gasteiger charge is -2.04. The van der Waals surface area contributed by atoms with Gasteiger partial charge in [0.15, 0.2) is 0 Å². The topological polar surface area (TPSA) is 50.2 Å². The van der Waals surface area contributed by atoms with E-state index in [1.807, 2.05) is 12.1 Å². The van der Waals surface area contributed by atoms with E-state index in [0.29, 0.717) is 23.8 Å². The van der Waals surface area contributed by atoms with Crippen molar-refractivity contribution in [1.82, 2.24) is 0 Å². The Bertz CT molecular complexity index is 373. The Morgan fingerprint density at radius 1 is 1.38 bits per heavy atom. The van der Waals surface area contributed by atoms with Gasteiger partial charge in [-0.3, -0.25) is 4.79 Å². The molecule has 1 aromatic rings. The van der Waals surface area contributed by atoms with Gasteiger partial charge in [0.25, 0.3) is 0 Å². The number of benzene rings is 1. The molecule has 0 unspecified atom stereocenters. The quantitative estimate of drug-likeness (QED) is 0.635. The van der Waals surface area contributed by atoms with Crippen LogP contribution in [0.1, 0.15) is 18.9 Å². The third kappa shape index (κ3) is 4.45. The van der Waals surface area contributed by atoms with Crippen LogP contribution in [0, 0.1) is 5.41 Å². The summed E-state index contributed by atoms with van der Waals surface area (Å²) < 4.78 is 4.77.